The monoisotopic (exact) mass is 246 g/mol. The Labute approximate surface area is 102 Å². The van der Waals surface area contributed by atoms with Gasteiger partial charge in [-0.3, -0.25) is 4.99 Å². The highest BCUT2D eigenvalue weighted by Crippen LogP contribution is 2.23. The van der Waals surface area contributed by atoms with Gasteiger partial charge in [0, 0.05) is 16.5 Å². The second kappa shape index (κ2) is 5.48. The Balaban J connectivity index is 2.48. The SMILES string of the molecule is CSC(C)(C)CN=C1NC(C)C(C)CS1. The number of rotatable bonds is 3. The summed E-state index contributed by atoms with van der Waals surface area (Å²) in [5, 5.41) is 4.59. The van der Waals surface area contributed by atoms with Gasteiger partial charge in [0.05, 0.1) is 6.54 Å². The first-order valence-electron chi connectivity index (χ1n) is 5.43. The first kappa shape index (κ1) is 13.2. The molecule has 0 aromatic rings. The van der Waals surface area contributed by atoms with E-state index in [0.717, 1.165) is 17.6 Å². The Morgan fingerprint density at radius 3 is 2.73 bits per heavy atom. The zero-order chi connectivity index (χ0) is 11.5. The maximum absolute atomic E-state index is 4.66. The molecule has 0 spiro atoms. The molecule has 2 nitrogen and oxygen atoms in total. The van der Waals surface area contributed by atoms with E-state index in [4.69, 9.17) is 0 Å². The Hall–Kier alpha value is 0.170. The number of nitrogens with zero attached hydrogens (tertiary/aromatic N) is 1. The topological polar surface area (TPSA) is 24.4 Å². The maximum Gasteiger partial charge on any atom is 0.156 e. The maximum atomic E-state index is 4.66. The zero-order valence-corrected chi connectivity index (χ0v) is 12.0. The van der Waals surface area contributed by atoms with Gasteiger partial charge in [0.1, 0.15) is 0 Å². The summed E-state index contributed by atoms with van der Waals surface area (Å²) in [4.78, 5) is 4.66. The summed E-state index contributed by atoms with van der Waals surface area (Å²) in [6, 6.07) is 0.558. The summed E-state index contributed by atoms with van der Waals surface area (Å²) in [5.74, 6) is 1.93. The molecular weight excluding hydrogens is 224 g/mol. The van der Waals surface area contributed by atoms with Gasteiger partial charge in [-0.05, 0) is 32.9 Å². The zero-order valence-electron chi connectivity index (χ0n) is 10.3. The molecule has 2 atom stereocenters. The van der Waals surface area contributed by atoms with Crippen molar-refractivity contribution in [3.05, 3.63) is 0 Å². The quantitative estimate of drug-likeness (QED) is 0.829. The molecule has 1 rings (SSSR count). The van der Waals surface area contributed by atoms with Gasteiger partial charge in [0.25, 0.3) is 0 Å². The summed E-state index contributed by atoms with van der Waals surface area (Å²) >= 11 is 3.73. The molecule has 0 aromatic heterocycles. The van der Waals surface area contributed by atoms with Crippen LogP contribution in [0.15, 0.2) is 4.99 Å². The average molecular weight is 246 g/mol. The minimum absolute atomic E-state index is 0.252. The molecule has 2 unspecified atom stereocenters. The minimum atomic E-state index is 0.252. The molecule has 0 aliphatic carbocycles. The van der Waals surface area contributed by atoms with E-state index in [-0.39, 0.29) is 4.75 Å². The van der Waals surface area contributed by atoms with Crippen LogP contribution < -0.4 is 5.32 Å². The smallest absolute Gasteiger partial charge is 0.156 e. The van der Waals surface area contributed by atoms with Crippen molar-refractivity contribution in [2.24, 2.45) is 10.9 Å². The molecule has 1 heterocycles. The van der Waals surface area contributed by atoms with Crippen LogP contribution in [0.4, 0.5) is 0 Å². The third-order valence-electron chi connectivity index (χ3n) is 2.84. The number of thioether (sulfide) groups is 2. The molecule has 0 saturated carbocycles. The third-order valence-corrected chi connectivity index (χ3v) is 5.29. The first-order valence-corrected chi connectivity index (χ1v) is 7.64. The summed E-state index contributed by atoms with van der Waals surface area (Å²) in [7, 11) is 0. The Morgan fingerprint density at radius 1 is 1.53 bits per heavy atom. The van der Waals surface area contributed by atoms with Gasteiger partial charge >= 0.3 is 0 Å². The van der Waals surface area contributed by atoms with Crippen molar-refractivity contribution in [2.45, 2.75) is 38.5 Å². The van der Waals surface area contributed by atoms with Crippen molar-refractivity contribution >= 4 is 28.7 Å². The van der Waals surface area contributed by atoms with Crippen LogP contribution in [0.2, 0.25) is 0 Å². The van der Waals surface area contributed by atoms with Gasteiger partial charge < -0.3 is 5.32 Å². The number of hydrogen-bond acceptors (Lipinski definition) is 3. The van der Waals surface area contributed by atoms with E-state index >= 15 is 0 Å². The fourth-order valence-electron chi connectivity index (χ4n) is 1.15. The average Bonchev–Trinajstić information content (AvgIpc) is 2.20. The second-order valence-electron chi connectivity index (χ2n) is 4.81. The fourth-order valence-corrected chi connectivity index (χ4v) is 2.48. The molecular formula is C11H22N2S2. The Kier molecular flexibility index (Phi) is 4.84. The predicted octanol–water partition coefficient (Wildman–Crippen LogP) is 2.85. The van der Waals surface area contributed by atoms with E-state index in [1.54, 1.807) is 0 Å². The molecule has 1 aliphatic heterocycles. The summed E-state index contributed by atoms with van der Waals surface area (Å²) in [5.41, 5.74) is 0. The van der Waals surface area contributed by atoms with Crippen LogP contribution in [-0.2, 0) is 0 Å². The normalized spacial score (nSPS) is 30.3. The molecule has 0 aromatic carbocycles. The van der Waals surface area contributed by atoms with Gasteiger partial charge in [0.15, 0.2) is 5.17 Å². The molecule has 1 aliphatic rings. The molecule has 88 valence electrons. The van der Waals surface area contributed by atoms with E-state index in [9.17, 15) is 0 Å². The summed E-state index contributed by atoms with van der Waals surface area (Å²) in [6.45, 7) is 9.89. The molecule has 15 heavy (non-hydrogen) atoms. The molecule has 4 heteroatoms. The number of hydrogen-bond donors (Lipinski definition) is 1. The Morgan fingerprint density at radius 2 is 2.20 bits per heavy atom. The molecule has 0 amide bonds. The van der Waals surface area contributed by atoms with Gasteiger partial charge in [-0.15, -0.1) is 0 Å². The van der Waals surface area contributed by atoms with Gasteiger partial charge in [-0.25, -0.2) is 0 Å². The van der Waals surface area contributed by atoms with Crippen molar-refractivity contribution in [3.63, 3.8) is 0 Å². The lowest BCUT2D eigenvalue weighted by Crippen LogP contribution is -2.41. The van der Waals surface area contributed by atoms with Crippen LogP contribution in [0.5, 0.6) is 0 Å². The number of aliphatic imine (C=N–C) groups is 1. The van der Waals surface area contributed by atoms with Crippen molar-refractivity contribution < 1.29 is 0 Å². The molecule has 1 N–H and O–H groups in total. The minimum Gasteiger partial charge on any atom is -0.362 e. The standard InChI is InChI=1S/C11H22N2S2/c1-8-6-15-10(13-9(8)2)12-7-11(3,4)14-5/h8-9H,6-7H2,1-5H3,(H,12,13). The van der Waals surface area contributed by atoms with Crippen LogP contribution in [-0.4, -0.2) is 34.5 Å². The lowest BCUT2D eigenvalue weighted by atomic mass is 10.1. The van der Waals surface area contributed by atoms with Crippen molar-refractivity contribution in [2.75, 3.05) is 18.6 Å². The van der Waals surface area contributed by atoms with Gasteiger partial charge in [-0.1, -0.05) is 18.7 Å². The highest BCUT2D eigenvalue weighted by atomic mass is 32.2. The second-order valence-corrected chi connectivity index (χ2v) is 7.33. The van der Waals surface area contributed by atoms with Crippen molar-refractivity contribution in [1.82, 2.24) is 5.32 Å². The molecule has 0 bridgehead atoms. The van der Waals surface area contributed by atoms with Crippen molar-refractivity contribution in [3.8, 4) is 0 Å². The third kappa shape index (κ3) is 4.27. The van der Waals surface area contributed by atoms with E-state index in [0.29, 0.717) is 6.04 Å². The number of amidine groups is 1. The van der Waals surface area contributed by atoms with Crippen LogP contribution in [0, 0.1) is 5.92 Å². The van der Waals surface area contributed by atoms with E-state index in [2.05, 4.69) is 44.3 Å². The highest BCUT2D eigenvalue weighted by molar-refractivity contribution is 8.13. The van der Waals surface area contributed by atoms with Gasteiger partial charge in [0.2, 0.25) is 0 Å². The summed E-state index contributed by atoms with van der Waals surface area (Å²) in [6.07, 6.45) is 2.15. The number of nitrogens with one attached hydrogen (secondary N) is 1. The highest BCUT2D eigenvalue weighted by Gasteiger charge is 2.22. The molecule has 1 saturated heterocycles. The largest absolute Gasteiger partial charge is 0.362 e. The lowest BCUT2D eigenvalue weighted by molar-refractivity contribution is 0.489. The van der Waals surface area contributed by atoms with Crippen LogP contribution >= 0.6 is 23.5 Å². The predicted molar refractivity (Wildman–Crippen MR) is 74.1 cm³/mol. The summed E-state index contributed by atoms with van der Waals surface area (Å²) < 4.78 is 0.252. The van der Waals surface area contributed by atoms with E-state index in [1.807, 2.05) is 23.5 Å². The first-order chi connectivity index (χ1) is 6.94. The van der Waals surface area contributed by atoms with Crippen LogP contribution in [0.3, 0.4) is 0 Å². The van der Waals surface area contributed by atoms with E-state index < -0.39 is 0 Å². The molecule has 1 fully saturated rings. The van der Waals surface area contributed by atoms with Crippen LogP contribution in [0.1, 0.15) is 27.7 Å². The Bertz CT molecular complexity index is 239. The van der Waals surface area contributed by atoms with Crippen molar-refractivity contribution in [1.29, 1.82) is 0 Å². The van der Waals surface area contributed by atoms with E-state index in [1.165, 1.54) is 5.75 Å². The van der Waals surface area contributed by atoms with Gasteiger partial charge in [-0.2, -0.15) is 11.8 Å². The molecule has 0 radical (unpaired) electrons. The fraction of sp³-hybridized carbons (Fsp3) is 0.909. The lowest BCUT2D eigenvalue weighted by Gasteiger charge is -2.29. The van der Waals surface area contributed by atoms with Crippen LogP contribution in [0.25, 0.3) is 0 Å².